The highest BCUT2D eigenvalue weighted by atomic mass is 16.3. The first-order chi connectivity index (χ1) is 7.85. The van der Waals surface area contributed by atoms with Crippen LogP contribution in [0.25, 0.3) is 11.0 Å². The highest BCUT2D eigenvalue weighted by Crippen LogP contribution is 2.19. The zero-order chi connectivity index (χ0) is 11.4. The number of anilines is 2. The van der Waals surface area contributed by atoms with E-state index in [1.807, 2.05) is 6.92 Å². The summed E-state index contributed by atoms with van der Waals surface area (Å²) >= 11 is 0. The third kappa shape index (κ3) is 2.03. The topological polar surface area (TPSA) is 98.8 Å². The highest BCUT2D eigenvalue weighted by molar-refractivity contribution is 5.86. The SMILES string of the molecule is CCNc1nc(NCCO)c2cn[nH]c2n1. The first-order valence-corrected chi connectivity index (χ1v) is 5.15. The Labute approximate surface area is 92.3 Å². The van der Waals surface area contributed by atoms with Gasteiger partial charge in [-0.3, -0.25) is 5.10 Å². The summed E-state index contributed by atoms with van der Waals surface area (Å²) in [6, 6.07) is 0. The van der Waals surface area contributed by atoms with E-state index in [2.05, 4.69) is 30.8 Å². The number of H-pyrrole nitrogens is 1. The van der Waals surface area contributed by atoms with Gasteiger partial charge in [0.15, 0.2) is 5.65 Å². The summed E-state index contributed by atoms with van der Waals surface area (Å²) in [6.07, 6.45) is 1.66. The zero-order valence-electron chi connectivity index (χ0n) is 8.99. The second kappa shape index (κ2) is 4.75. The molecule has 0 saturated carbocycles. The van der Waals surface area contributed by atoms with Crippen LogP contribution < -0.4 is 10.6 Å². The number of aromatic nitrogens is 4. The lowest BCUT2D eigenvalue weighted by atomic mass is 10.4. The summed E-state index contributed by atoms with van der Waals surface area (Å²) < 4.78 is 0. The fourth-order valence-electron chi connectivity index (χ4n) is 1.38. The van der Waals surface area contributed by atoms with Gasteiger partial charge in [0.2, 0.25) is 5.95 Å². The lowest BCUT2D eigenvalue weighted by Gasteiger charge is -2.07. The third-order valence-electron chi connectivity index (χ3n) is 2.05. The molecule has 0 bridgehead atoms. The standard InChI is InChI=1S/C9H14N6O/c1-2-10-9-13-7(11-3-4-16)6-5-12-15-8(6)14-9/h5,16H,2-4H2,1H3,(H3,10,11,12,13,14,15). The first kappa shape index (κ1) is 10.6. The van der Waals surface area contributed by atoms with Gasteiger partial charge in [-0.05, 0) is 6.92 Å². The molecule has 16 heavy (non-hydrogen) atoms. The fraction of sp³-hybridized carbons (Fsp3) is 0.444. The Hall–Kier alpha value is -1.89. The molecule has 2 aromatic heterocycles. The zero-order valence-corrected chi connectivity index (χ0v) is 8.99. The average molecular weight is 222 g/mol. The van der Waals surface area contributed by atoms with Crippen LogP contribution in [-0.2, 0) is 0 Å². The minimum atomic E-state index is 0.0554. The van der Waals surface area contributed by atoms with Crippen molar-refractivity contribution in [3.05, 3.63) is 6.20 Å². The van der Waals surface area contributed by atoms with Crippen LogP contribution in [0.1, 0.15) is 6.92 Å². The van der Waals surface area contributed by atoms with Gasteiger partial charge in [0, 0.05) is 13.1 Å². The van der Waals surface area contributed by atoms with Gasteiger partial charge in [0.05, 0.1) is 18.2 Å². The van der Waals surface area contributed by atoms with E-state index in [0.29, 0.717) is 24.0 Å². The summed E-state index contributed by atoms with van der Waals surface area (Å²) in [6.45, 7) is 3.23. The maximum atomic E-state index is 8.78. The molecule has 0 unspecified atom stereocenters. The van der Waals surface area contributed by atoms with Crippen molar-refractivity contribution in [2.75, 3.05) is 30.3 Å². The largest absolute Gasteiger partial charge is 0.395 e. The van der Waals surface area contributed by atoms with Gasteiger partial charge in [0.25, 0.3) is 0 Å². The quantitative estimate of drug-likeness (QED) is 0.576. The molecule has 0 aliphatic heterocycles. The van der Waals surface area contributed by atoms with Gasteiger partial charge in [-0.2, -0.15) is 15.1 Å². The van der Waals surface area contributed by atoms with Crippen LogP contribution in [0.15, 0.2) is 6.20 Å². The van der Waals surface area contributed by atoms with E-state index in [1.54, 1.807) is 6.20 Å². The second-order valence-electron chi connectivity index (χ2n) is 3.21. The summed E-state index contributed by atoms with van der Waals surface area (Å²) in [5, 5.41) is 22.4. The van der Waals surface area contributed by atoms with Gasteiger partial charge >= 0.3 is 0 Å². The molecule has 0 aliphatic rings. The molecule has 86 valence electrons. The van der Waals surface area contributed by atoms with E-state index in [-0.39, 0.29) is 6.61 Å². The maximum Gasteiger partial charge on any atom is 0.226 e. The van der Waals surface area contributed by atoms with Crippen LogP contribution in [0.5, 0.6) is 0 Å². The Morgan fingerprint density at radius 1 is 1.38 bits per heavy atom. The lowest BCUT2D eigenvalue weighted by molar-refractivity contribution is 0.311. The Balaban J connectivity index is 2.38. The Morgan fingerprint density at radius 3 is 3.00 bits per heavy atom. The van der Waals surface area contributed by atoms with Gasteiger partial charge in [0.1, 0.15) is 5.82 Å². The number of aromatic amines is 1. The number of aliphatic hydroxyl groups excluding tert-OH is 1. The molecule has 0 fully saturated rings. The van der Waals surface area contributed by atoms with Crippen LogP contribution in [0.4, 0.5) is 11.8 Å². The van der Waals surface area contributed by atoms with E-state index in [0.717, 1.165) is 11.9 Å². The predicted molar refractivity (Wildman–Crippen MR) is 61.4 cm³/mol. The number of nitrogens with zero attached hydrogens (tertiary/aromatic N) is 3. The van der Waals surface area contributed by atoms with Gasteiger partial charge in [-0.1, -0.05) is 0 Å². The number of rotatable bonds is 5. The van der Waals surface area contributed by atoms with Crippen LogP contribution in [-0.4, -0.2) is 45.0 Å². The molecule has 2 aromatic rings. The molecule has 0 amide bonds. The van der Waals surface area contributed by atoms with E-state index < -0.39 is 0 Å². The number of hydrogen-bond donors (Lipinski definition) is 4. The van der Waals surface area contributed by atoms with E-state index >= 15 is 0 Å². The lowest BCUT2D eigenvalue weighted by Crippen LogP contribution is -2.10. The van der Waals surface area contributed by atoms with Gasteiger partial charge < -0.3 is 15.7 Å². The van der Waals surface area contributed by atoms with Gasteiger partial charge in [-0.15, -0.1) is 0 Å². The number of nitrogens with one attached hydrogen (secondary N) is 3. The van der Waals surface area contributed by atoms with Crippen molar-refractivity contribution in [3.63, 3.8) is 0 Å². The van der Waals surface area contributed by atoms with E-state index in [4.69, 9.17) is 5.11 Å². The Morgan fingerprint density at radius 2 is 2.25 bits per heavy atom. The predicted octanol–water partition coefficient (Wildman–Crippen LogP) is 0.189. The molecular weight excluding hydrogens is 208 g/mol. The minimum absolute atomic E-state index is 0.0554. The smallest absolute Gasteiger partial charge is 0.226 e. The van der Waals surface area contributed by atoms with Crippen molar-refractivity contribution in [2.45, 2.75) is 6.92 Å². The van der Waals surface area contributed by atoms with Crippen molar-refractivity contribution in [1.82, 2.24) is 20.2 Å². The molecular formula is C9H14N6O. The molecule has 4 N–H and O–H groups in total. The molecule has 2 rings (SSSR count). The molecule has 0 aromatic carbocycles. The van der Waals surface area contributed by atoms with Crippen LogP contribution >= 0.6 is 0 Å². The third-order valence-corrected chi connectivity index (χ3v) is 2.05. The average Bonchev–Trinajstić information content (AvgIpc) is 2.74. The van der Waals surface area contributed by atoms with Crippen molar-refractivity contribution in [1.29, 1.82) is 0 Å². The monoisotopic (exact) mass is 222 g/mol. The molecule has 0 spiro atoms. The maximum absolute atomic E-state index is 8.78. The molecule has 0 radical (unpaired) electrons. The number of hydrogen-bond acceptors (Lipinski definition) is 6. The van der Waals surface area contributed by atoms with Crippen LogP contribution in [0.3, 0.4) is 0 Å². The Kier molecular flexibility index (Phi) is 3.16. The van der Waals surface area contributed by atoms with Crippen molar-refractivity contribution in [2.24, 2.45) is 0 Å². The molecule has 2 heterocycles. The first-order valence-electron chi connectivity index (χ1n) is 5.15. The second-order valence-corrected chi connectivity index (χ2v) is 3.21. The molecule has 7 nitrogen and oxygen atoms in total. The summed E-state index contributed by atoms with van der Waals surface area (Å²) in [7, 11) is 0. The molecule has 0 saturated heterocycles. The highest BCUT2D eigenvalue weighted by Gasteiger charge is 2.08. The van der Waals surface area contributed by atoms with Crippen molar-refractivity contribution < 1.29 is 5.11 Å². The summed E-state index contributed by atoms with van der Waals surface area (Å²) in [5.41, 5.74) is 0.673. The fourth-order valence-corrected chi connectivity index (χ4v) is 1.38. The number of fused-ring (bicyclic) bond motifs is 1. The minimum Gasteiger partial charge on any atom is -0.395 e. The van der Waals surface area contributed by atoms with Crippen LogP contribution in [0.2, 0.25) is 0 Å². The molecule has 7 heteroatoms. The number of aliphatic hydroxyl groups is 1. The Bertz CT molecular complexity index is 468. The summed E-state index contributed by atoms with van der Waals surface area (Å²) in [5.74, 6) is 1.21. The van der Waals surface area contributed by atoms with Crippen molar-refractivity contribution >= 4 is 22.8 Å². The van der Waals surface area contributed by atoms with Crippen LogP contribution in [0, 0.1) is 0 Å². The van der Waals surface area contributed by atoms with Crippen molar-refractivity contribution in [3.8, 4) is 0 Å². The molecule has 0 atom stereocenters. The summed E-state index contributed by atoms with van der Waals surface area (Å²) in [4.78, 5) is 8.55. The van der Waals surface area contributed by atoms with E-state index in [9.17, 15) is 0 Å². The van der Waals surface area contributed by atoms with E-state index in [1.165, 1.54) is 0 Å². The normalized spacial score (nSPS) is 10.6. The van der Waals surface area contributed by atoms with Gasteiger partial charge in [-0.25, -0.2) is 0 Å². The molecule has 0 aliphatic carbocycles.